The van der Waals surface area contributed by atoms with Crippen LogP contribution in [0.5, 0.6) is 0 Å². The fourth-order valence-corrected chi connectivity index (χ4v) is 9.97. The second-order valence-corrected chi connectivity index (χ2v) is 28.2. The molecule has 0 radical (unpaired) electrons. The first-order chi connectivity index (χ1) is 31.3. The van der Waals surface area contributed by atoms with Gasteiger partial charge in [0.25, 0.3) is 0 Å². The minimum atomic E-state index is -2.88. The van der Waals surface area contributed by atoms with Gasteiger partial charge in [-0.15, -0.1) is 0 Å². The molecule has 0 amide bonds. The van der Waals surface area contributed by atoms with Crippen LogP contribution in [0.4, 0.5) is 0 Å². The van der Waals surface area contributed by atoms with Crippen molar-refractivity contribution in [3.05, 3.63) is 174 Å². The number of aliphatic hydroxyl groups is 1. The Kier molecular flexibility index (Phi) is 28.4. The molecule has 0 aromatic heterocycles. The van der Waals surface area contributed by atoms with Gasteiger partial charge < -0.3 is 9.90 Å². The Hall–Kier alpha value is -3.76. The smallest absolute Gasteiger partial charge is 0.225 e. The van der Waals surface area contributed by atoms with Gasteiger partial charge in [-0.3, -0.25) is 0 Å². The molecule has 0 saturated heterocycles. The molecule has 0 spiro atoms. The fraction of sp³-hybridized carbons (Fsp3) is 0.538. The van der Waals surface area contributed by atoms with Gasteiger partial charge in [-0.05, 0) is 80.8 Å². The molecule has 5 aromatic carbocycles. The summed E-state index contributed by atoms with van der Waals surface area (Å²) in [5.41, 5.74) is 5.04. The largest absolute Gasteiger partial charge is 0.427 e. The molecule has 68 heavy (non-hydrogen) atoms. The van der Waals surface area contributed by atoms with Gasteiger partial charge in [0.2, 0.25) is 8.32 Å². The molecule has 2 nitrogen and oxygen atoms in total. The average Bonchev–Trinajstić information content (AvgIpc) is 3.27. The summed E-state index contributed by atoms with van der Waals surface area (Å²) in [6, 6.07) is 51.5. The van der Waals surface area contributed by atoms with Gasteiger partial charge in [0.1, 0.15) is 0 Å². The summed E-state index contributed by atoms with van der Waals surface area (Å²) in [6.45, 7) is 48.3. The van der Waals surface area contributed by atoms with Crippen molar-refractivity contribution in [3.8, 4) is 0 Å². The van der Waals surface area contributed by atoms with E-state index in [0.717, 1.165) is 28.5 Å². The van der Waals surface area contributed by atoms with Crippen LogP contribution in [0.1, 0.15) is 199 Å². The molecule has 5 aromatic rings. The lowest BCUT2D eigenvalue weighted by Crippen LogP contribution is -2.60. The van der Waals surface area contributed by atoms with Gasteiger partial charge in [0.15, 0.2) is 0 Å². The maximum Gasteiger partial charge on any atom is 0.225 e. The summed E-state index contributed by atoms with van der Waals surface area (Å²) in [7, 11) is -2.88. The van der Waals surface area contributed by atoms with Crippen LogP contribution in [0.25, 0.3) is 0 Å². The highest BCUT2D eigenvalue weighted by Crippen LogP contribution is 2.51. The third kappa shape index (κ3) is 22.8. The van der Waals surface area contributed by atoms with Crippen LogP contribution in [0.2, 0.25) is 11.6 Å². The number of hydrogen-bond acceptors (Lipinski definition) is 2. The average molecular weight is 946 g/mol. The Bertz CT molecular complexity index is 1870. The van der Waals surface area contributed by atoms with E-state index in [4.69, 9.17) is 0 Å². The zero-order valence-corrected chi connectivity index (χ0v) is 48.8. The van der Waals surface area contributed by atoms with E-state index in [1.807, 2.05) is 81.1 Å². The fourth-order valence-electron chi connectivity index (χ4n) is 7.31. The predicted molar refractivity (Wildman–Crippen MR) is 308 cm³/mol. The zero-order valence-electron chi connectivity index (χ0n) is 47.8. The van der Waals surface area contributed by atoms with Crippen molar-refractivity contribution < 1.29 is 9.90 Å². The molecule has 0 saturated carbocycles. The van der Waals surface area contributed by atoms with Gasteiger partial charge in [-0.2, -0.15) is 0 Å². The standard InChI is InChI=1S/C18H24O2Si.C17H20.C12H18.C9H20.C5H12.C4H10/c1-17(2,18(3,19)15-11-7-5-8-12-15)21(4,20)16-13-9-6-10-14-16;1-17(2,3)16(14-10-6-4-7-11-14)15-12-8-5-9-13-15;1-10(12(2,3)4)11-8-6-5-7-9-11;1-6-7-8(2)9(3,4)5;1-4-5(2)3;1-4(2)3/h5-14,19-20H,1-4H3;4-13,16H,1-3H3;5-10H,1-4H3;8H,6-7H2,1-5H3;5H,4H2,1-3H3;4H,1-3H3. The van der Waals surface area contributed by atoms with E-state index in [9.17, 15) is 9.90 Å². The lowest BCUT2D eigenvalue weighted by atomic mass is 9.73. The number of benzene rings is 5. The molecule has 4 atom stereocenters. The zero-order chi connectivity index (χ0) is 52.6. The van der Waals surface area contributed by atoms with Crippen molar-refractivity contribution in [2.45, 2.75) is 194 Å². The molecular formula is C65H104O2Si. The van der Waals surface area contributed by atoms with E-state index in [1.165, 1.54) is 36.0 Å². The number of hydrogen-bond donors (Lipinski definition) is 2. The molecule has 5 rings (SSSR count). The van der Waals surface area contributed by atoms with Crippen molar-refractivity contribution in [2.24, 2.45) is 34.0 Å². The Morgan fingerprint density at radius 2 is 0.765 bits per heavy atom. The minimum Gasteiger partial charge on any atom is -0.427 e. The normalized spacial score (nSPS) is 14.3. The molecule has 3 heteroatoms. The first kappa shape index (κ1) is 64.2. The van der Waals surface area contributed by atoms with Crippen LogP contribution in [-0.4, -0.2) is 18.2 Å². The van der Waals surface area contributed by atoms with Crippen molar-refractivity contribution in [1.29, 1.82) is 0 Å². The van der Waals surface area contributed by atoms with Gasteiger partial charge in [-0.25, -0.2) is 0 Å². The summed E-state index contributed by atoms with van der Waals surface area (Å²) < 4.78 is 0. The Morgan fingerprint density at radius 3 is 1.03 bits per heavy atom. The van der Waals surface area contributed by atoms with Gasteiger partial charge in [0.05, 0.1) is 5.60 Å². The summed E-state index contributed by atoms with van der Waals surface area (Å²) in [4.78, 5) is 11.3. The molecule has 0 aliphatic rings. The lowest BCUT2D eigenvalue weighted by Gasteiger charge is -2.48. The lowest BCUT2D eigenvalue weighted by molar-refractivity contribution is 0.00935. The third-order valence-corrected chi connectivity index (χ3v) is 18.2. The topological polar surface area (TPSA) is 40.5 Å². The van der Waals surface area contributed by atoms with Crippen LogP contribution >= 0.6 is 0 Å². The van der Waals surface area contributed by atoms with Crippen LogP contribution in [0, 0.1) is 34.0 Å². The van der Waals surface area contributed by atoms with Gasteiger partial charge in [0, 0.05) is 11.0 Å². The highest BCUT2D eigenvalue weighted by Gasteiger charge is 2.55. The maximum absolute atomic E-state index is 11.3. The SMILES string of the molecule is CC(C)(C)C(c1ccccc1)c1ccccc1.CC(C)C.CC(O)(c1ccccc1)C(C)(C)[Si](C)(O)c1ccccc1.CC(c1ccccc1)C(C)(C)C.CCC(C)C.CCCC(C)C(C)(C)C. The van der Waals surface area contributed by atoms with E-state index in [-0.39, 0.29) is 5.41 Å². The Balaban J connectivity index is 0.000000858. The first-order valence-electron chi connectivity index (χ1n) is 26.0. The van der Waals surface area contributed by atoms with E-state index < -0.39 is 19.0 Å². The predicted octanol–water partition coefficient (Wildman–Crippen LogP) is 19.0. The summed E-state index contributed by atoms with van der Waals surface area (Å²) in [5, 5.41) is 11.5. The van der Waals surface area contributed by atoms with E-state index in [1.54, 1.807) is 6.92 Å². The van der Waals surface area contributed by atoms with Gasteiger partial charge >= 0.3 is 0 Å². The molecular weight excluding hydrogens is 841 g/mol. The highest BCUT2D eigenvalue weighted by molar-refractivity contribution is 6.87. The molecule has 0 heterocycles. The van der Waals surface area contributed by atoms with Crippen LogP contribution in [0.15, 0.2) is 152 Å². The molecule has 0 fully saturated rings. The molecule has 0 bridgehead atoms. The second kappa shape index (κ2) is 30.1. The van der Waals surface area contributed by atoms with Gasteiger partial charge in [-0.1, -0.05) is 309 Å². The van der Waals surface area contributed by atoms with Crippen molar-refractivity contribution in [3.63, 3.8) is 0 Å². The van der Waals surface area contributed by atoms with Crippen LogP contribution < -0.4 is 5.19 Å². The molecule has 4 unspecified atom stereocenters. The Labute approximate surface area is 423 Å². The van der Waals surface area contributed by atoms with Crippen molar-refractivity contribution >= 4 is 13.5 Å². The minimum absolute atomic E-state index is 0.225. The quantitative estimate of drug-likeness (QED) is 0.137. The van der Waals surface area contributed by atoms with E-state index in [2.05, 4.69) is 216 Å². The van der Waals surface area contributed by atoms with Crippen LogP contribution in [-0.2, 0) is 5.60 Å². The molecule has 0 aliphatic carbocycles. The monoisotopic (exact) mass is 945 g/mol. The van der Waals surface area contributed by atoms with E-state index in [0.29, 0.717) is 22.7 Å². The summed E-state index contributed by atoms with van der Waals surface area (Å²) in [6.07, 6.45) is 3.99. The molecule has 380 valence electrons. The van der Waals surface area contributed by atoms with E-state index >= 15 is 0 Å². The Morgan fingerprint density at radius 1 is 0.456 bits per heavy atom. The first-order valence-corrected chi connectivity index (χ1v) is 28.5. The number of rotatable bonds is 10. The second-order valence-electron chi connectivity index (χ2n) is 24.2. The highest BCUT2D eigenvalue weighted by atomic mass is 28.4. The van der Waals surface area contributed by atoms with Crippen molar-refractivity contribution in [2.75, 3.05) is 0 Å². The van der Waals surface area contributed by atoms with Crippen LogP contribution in [0.3, 0.4) is 0 Å². The van der Waals surface area contributed by atoms with Crippen molar-refractivity contribution in [1.82, 2.24) is 0 Å². The molecule has 0 aliphatic heterocycles. The molecule has 2 N–H and O–H groups in total. The maximum atomic E-state index is 11.3. The third-order valence-electron chi connectivity index (χ3n) is 13.9. The summed E-state index contributed by atoms with van der Waals surface area (Å²) >= 11 is 0. The summed E-state index contributed by atoms with van der Waals surface area (Å²) in [5.74, 6) is 3.65.